The van der Waals surface area contributed by atoms with E-state index in [9.17, 15) is 10.1 Å². The van der Waals surface area contributed by atoms with E-state index in [-0.39, 0.29) is 10.6 Å². The zero-order chi connectivity index (χ0) is 16.4. The first-order valence-electron chi connectivity index (χ1n) is 6.79. The number of hydrogen-bond acceptors (Lipinski definition) is 4. The molecule has 0 saturated carbocycles. The third-order valence-electron chi connectivity index (χ3n) is 3.20. The van der Waals surface area contributed by atoms with Gasteiger partial charge in [0.25, 0.3) is 0 Å². The SMILES string of the molecule is Cc1nn(-c2ccccc2)c(Sc2ccc(Br)cc2)c1[N+](=O)[O-]. The van der Waals surface area contributed by atoms with E-state index >= 15 is 0 Å². The fourth-order valence-electron chi connectivity index (χ4n) is 2.16. The molecule has 1 aromatic heterocycles. The number of aromatic nitrogens is 2. The molecule has 7 heteroatoms. The Hall–Kier alpha value is -2.12. The number of aryl methyl sites for hydroxylation is 1. The van der Waals surface area contributed by atoms with Gasteiger partial charge in [0.05, 0.1) is 10.6 Å². The molecule has 3 aromatic rings. The van der Waals surface area contributed by atoms with Gasteiger partial charge in [-0.1, -0.05) is 45.9 Å². The number of hydrogen-bond donors (Lipinski definition) is 0. The summed E-state index contributed by atoms with van der Waals surface area (Å²) in [5, 5.41) is 16.3. The highest BCUT2D eigenvalue weighted by atomic mass is 79.9. The van der Waals surface area contributed by atoms with Gasteiger partial charge in [-0.3, -0.25) is 10.1 Å². The Labute approximate surface area is 145 Å². The fourth-order valence-corrected chi connectivity index (χ4v) is 3.47. The summed E-state index contributed by atoms with van der Waals surface area (Å²) in [6.45, 7) is 1.66. The van der Waals surface area contributed by atoms with Crippen molar-refractivity contribution in [2.24, 2.45) is 0 Å². The molecule has 0 amide bonds. The average molecular weight is 390 g/mol. The molecule has 0 fully saturated rings. The second-order valence-electron chi connectivity index (χ2n) is 4.80. The molecule has 0 radical (unpaired) electrons. The molecule has 2 aromatic carbocycles. The summed E-state index contributed by atoms with van der Waals surface area (Å²) in [4.78, 5) is 12.0. The Balaban J connectivity index is 2.12. The molecular weight excluding hydrogens is 378 g/mol. The Kier molecular flexibility index (Phi) is 4.49. The molecule has 0 bridgehead atoms. The summed E-state index contributed by atoms with van der Waals surface area (Å²) in [6.07, 6.45) is 0. The third kappa shape index (κ3) is 3.30. The number of nitro groups is 1. The van der Waals surface area contributed by atoms with Crippen LogP contribution < -0.4 is 0 Å². The number of para-hydroxylation sites is 1. The van der Waals surface area contributed by atoms with E-state index in [1.165, 1.54) is 11.8 Å². The van der Waals surface area contributed by atoms with Crippen LogP contribution in [0.3, 0.4) is 0 Å². The normalized spacial score (nSPS) is 10.7. The molecule has 0 spiro atoms. The van der Waals surface area contributed by atoms with E-state index in [1.807, 2.05) is 54.6 Å². The first kappa shape index (κ1) is 15.8. The number of benzene rings is 2. The molecule has 0 saturated heterocycles. The fraction of sp³-hybridized carbons (Fsp3) is 0.0625. The quantitative estimate of drug-likeness (QED) is 0.465. The van der Waals surface area contributed by atoms with Gasteiger partial charge >= 0.3 is 5.69 Å². The lowest BCUT2D eigenvalue weighted by Crippen LogP contribution is -1.98. The lowest BCUT2D eigenvalue weighted by Gasteiger charge is -2.06. The standard InChI is InChI=1S/C16H12BrN3O2S/c1-11-15(20(21)22)16(23-14-9-7-12(17)8-10-14)19(18-11)13-5-3-2-4-6-13/h2-10H,1H3. The van der Waals surface area contributed by atoms with Crippen LogP contribution in [0.5, 0.6) is 0 Å². The molecule has 0 aliphatic carbocycles. The second kappa shape index (κ2) is 6.55. The minimum absolute atomic E-state index is 0.0433. The molecule has 0 N–H and O–H groups in total. The maximum atomic E-state index is 11.5. The minimum Gasteiger partial charge on any atom is -0.258 e. The summed E-state index contributed by atoms with van der Waals surface area (Å²) in [7, 11) is 0. The van der Waals surface area contributed by atoms with Gasteiger partial charge in [0.2, 0.25) is 0 Å². The number of nitrogens with zero attached hydrogens (tertiary/aromatic N) is 3. The van der Waals surface area contributed by atoms with Crippen molar-refractivity contribution < 1.29 is 4.92 Å². The van der Waals surface area contributed by atoms with Crippen molar-refractivity contribution in [1.29, 1.82) is 0 Å². The van der Waals surface area contributed by atoms with Gasteiger partial charge in [-0.15, -0.1) is 0 Å². The number of halogens is 1. The summed E-state index contributed by atoms with van der Waals surface area (Å²) in [5.74, 6) is 0. The summed E-state index contributed by atoms with van der Waals surface area (Å²) in [6, 6.07) is 17.1. The zero-order valence-electron chi connectivity index (χ0n) is 12.1. The average Bonchev–Trinajstić information content (AvgIpc) is 2.87. The largest absolute Gasteiger partial charge is 0.324 e. The molecule has 0 aliphatic heterocycles. The van der Waals surface area contributed by atoms with Crippen LogP contribution in [0.1, 0.15) is 5.69 Å². The molecule has 0 unspecified atom stereocenters. The van der Waals surface area contributed by atoms with Crippen LogP contribution in [0.25, 0.3) is 5.69 Å². The van der Waals surface area contributed by atoms with Gasteiger partial charge < -0.3 is 0 Å². The van der Waals surface area contributed by atoms with Gasteiger partial charge in [-0.05, 0) is 43.3 Å². The Morgan fingerprint density at radius 3 is 2.39 bits per heavy atom. The maximum absolute atomic E-state index is 11.5. The van der Waals surface area contributed by atoms with E-state index in [1.54, 1.807) is 11.6 Å². The van der Waals surface area contributed by atoms with Crippen LogP contribution in [-0.2, 0) is 0 Å². The minimum atomic E-state index is -0.372. The molecule has 5 nitrogen and oxygen atoms in total. The van der Waals surface area contributed by atoms with Crippen molar-refractivity contribution >= 4 is 33.4 Å². The highest BCUT2D eigenvalue weighted by Crippen LogP contribution is 2.38. The van der Waals surface area contributed by atoms with Crippen molar-refractivity contribution in [3.05, 3.63) is 74.9 Å². The summed E-state index contributed by atoms with van der Waals surface area (Å²) in [5.41, 5.74) is 1.24. The predicted octanol–water partition coefficient (Wildman–Crippen LogP) is 5.00. The zero-order valence-corrected chi connectivity index (χ0v) is 14.5. The second-order valence-corrected chi connectivity index (χ2v) is 6.78. The molecule has 0 atom stereocenters. The van der Waals surface area contributed by atoms with Gasteiger partial charge in [0, 0.05) is 9.37 Å². The van der Waals surface area contributed by atoms with Gasteiger partial charge in [0.1, 0.15) is 5.69 Å². The van der Waals surface area contributed by atoms with Crippen molar-refractivity contribution in [2.45, 2.75) is 16.8 Å². The molecule has 3 rings (SSSR count). The molecule has 0 aliphatic rings. The van der Waals surface area contributed by atoms with Crippen molar-refractivity contribution in [3.8, 4) is 5.69 Å². The van der Waals surface area contributed by atoms with Crippen LogP contribution >= 0.6 is 27.7 Å². The van der Waals surface area contributed by atoms with Crippen LogP contribution in [0.4, 0.5) is 5.69 Å². The maximum Gasteiger partial charge on any atom is 0.324 e. The van der Waals surface area contributed by atoms with E-state index in [0.29, 0.717) is 10.7 Å². The smallest absolute Gasteiger partial charge is 0.258 e. The highest BCUT2D eigenvalue weighted by Gasteiger charge is 2.26. The Morgan fingerprint density at radius 2 is 1.78 bits per heavy atom. The number of rotatable bonds is 4. The van der Waals surface area contributed by atoms with E-state index < -0.39 is 0 Å². The lowest BCUT2D eigenvalue weighted by molar-refractivity contribution is -0.388. The third-order valence-corrected chi connectivity index (χ3v) is 4.80. The predicted molar refractivity (Wildman–Crippen MR) is 93.2 cm³/mol. The molecule has 1 heterocycles. The molecule has 116 valence electrons. The first-order chi connectivity index (χ1) is 11.1. The highest BCUT2D eigenvalue weighted by molar-refractivity contribution is 9.10. The topological polar surface area (TPSA) is 61.0 Å². The Bertz CT molecular complexity index is 848. The van der Waals surface area contributed by atoms with Crippen LogP contribution in [0.2, 0.25) is 0 Å². The van der Waals surface area contributed by atoms with E-state index in [0.717, 1.165) is 15.1 Å². The van der Waals surface area contributed by atoms with Crippen molar-refractivity contribution in [2.75, 3.05) is 0 Å². The van der Waals surface area contributed by atoms with Crippen LogP contribution in [0.15, 0.2) is 69.0 Å². The molecule has 23 heavy (non-hydrogen) atoms. The lowest BCUT2D eigenvalue weighted by atomic mass is 10.3. The van der Waals surface area contributed by atoms with Crippen LogP contribution in [0, 0.1) is 17.0 Å². The summed E-state index contributed by atoms with van der Waals surface area (Å²) >= 11 is 4.72. The Morgan fingerprint density at radius 1 is 1.13 bits per heavy atom. The van der Waals surface area contributed by atoms with Gasteiger partial charge in [0.15, 0.2) is 5.03 Å². The van der Waals surface area contributed by atoms with Crippen LogP contribution in [-0.4, -0.2) is 14.7 Å². The monoisotopic (exact) mass is 389 g/mol. The van der Waals surface area contributed by atoms with Gasteiger partial charge in [-0.25, -0.2) is 4.68 Å². The van der Waals surface area contributed by atoms with Crippen molar-refractivity contribution in [1.82, 2.24) is 9.78 Å². The van der Waals surface area contributed by atoms with Gasteiger partial charge in [-0.2, -0.15) is 5.10 Å². The van der Waals surface area contributed by atoms with E-state index in [4.69, 9.17) is 0 Å². The molecular formula is C16H12BrN3O2S. The van der Waals surface area contributed by atoms with E-state index in [2.05, 4.69) is 21.0 Å². The first-order valence-corrected chi connectivity index (χ1v) is 8.40. The summed E-state index contributed by atoms with van der Waals surface area (Å²) < 4.78 is 2.59. The van der Waals surface area contributed by atoms with Crippen molar-refractivity contribution in [3.63, 3.8) is 0 Å².